The second-order valence-electron chi connectivity index (χ2n) is 12.1. The van der Waals surface area contributed by atoms with Gasteiger partial charge < -0.3 is 9.64 Å². The lowest BCUT2D eigenvalue weighted by Gasteiger charge is -2.42. The van der Waals surface area contributed by atoms with E-state index >= 15 is 0 Å². The first-order valence-electron chi connectivity index (χ1n) is 14.7. The van der Waals surface area contributed by atoms with Crippen molar-refractivity contribution in [3.05, 3.63) is 151 Å². The van der Waals surface area contributed by atoms with Gasteiger partial charge in [0.25, 0.3) is 0 Å². The van der Waals surface area contributed by atoms with Crippen LogP contribution in [-0.4, -0.2) is 8.07 Å². The molecule has 9 rings (SSSR count). The molecule has 3 aliphatic heterocycles. The lowest BCUT2D eigenvalue weighted by molar-refractivity contribution is 0.487. The van der Waals surface area contributed by atoms with Crippen molar-refractivity contribution in [2.45, 2.75) is 19.3 Å². The molecule has 0 bridgehead atoms. The summed E-state index contributed by atoms with van der Waals surface area (Å²) in [6.45, 7) is 4.69. The highest BCUT2D eigenvalue weighted by Gasteiger charge is 2.53. The van der Waals surface area contributed by atoms with Gasteiger partial charge in [0.2, 0.25) is 0 Å². The van der Waals surface area contributed by atoms with E-state index < -0.39 is 8.07 Å². The molecule has 6 aromatic rings. The number of benzene rings is 6. The molecule has 0 amide bonds. The molecule has 0 saturated carbocycles. The predicted octanol–water partition coefficient (Wildman–Crippen LogP) is 7.26. The molecule has 0 saturated heterocycles. The average molecular weight is 556 g/mol. The van der Waals surface area contributed by atoms with E-state index in [1.54, 1.807) is 0 Å². The minimum Gasteiger partial charge on any atom is -0.458 e. The maximum Gasteiger partial charge on any atom is 0.189 e. The summed E-state index contributed by atoms with van der Waals surface area (Å²) < 4.78 is 6.58. The minimum atomic E-state index is -2.66. The van der Waals surface area contributed by atoms with Crippen molar-refractivity contribution in [3.8, 4) is 22.6 Å². The highest BCUT2D eigenvalue weighted by molar-refractivity contribution is 7.23. The van der Waals surface area contributed by atoms with E-state index in [0.29, 0.717) is 0 Å². The molecule has 3 heteroatoms. The number of ether oxygens (including phenoxy) is 1. The Labute approximate surface area is 247 Å². The van der Waals surface area contributed by atoms with Crippen LogP contribution in [0.1, 0.15) is 25.0 Å². The van der Waals surface area contributed by atoms with Crippen molar-refractivity contribution in [3.63, 3.8) is 0 Å². The molecule has 42 heavy (non-hydrogen) atoms. The highest BCUT2D eigenvalue weighted by Crippen LogP contribution is 2.52. The van der Waals surface area contributed by atoms with E-state index in [1.807, 2.05) is 0 Å². The quantitative estimate of drug-likeness (QED) is 0.198. The molecule has 2 nitrogen and oxygen atoms in total. The maximum atomic E-state index is 6.58. The molecule has 0 radical (unpaired) electrons. The minimum absolute atomic E-state index is 0.0921. The third kappa shape index (κ3) is 2.88. The van der Waals surface area contributed by atoms with Crippen molar-refractivity contribution in [1.29, 1.82) is 0 Å². The maximum absolute atomic E-state index is 6.58. The third-order valence-corrected chi connectivity index (χ3v) is 14.6. The van der Waals surface area contributed by atoms with E-state index in [4.69, 9.17) is 4.74 Å². The lowest BCUT2D eigenvalue weighted by Crippen LogP contribution is -2.74. The summed E-state index contributed by atoms with van der Waals surface area (Å²) >= 11 is 0. The van der Waals surface area contributed by atoms with Gasteiger partial charge in [-0.25, -0.2) is 0 Å². The van der Waals surface area contributed by atoms with Gasteiger partial charge in [-0.1, -0.05) is 117 Å². The largest absolute Gasteiger partial charge is 0.458 e. The second-order valence-corrected chi connectivity index (χ2v) is 15.8. The zero-order valence-corrected chi connectivity index (χ0v) is 24.6. The van der Waals surface area contributed by atoms with Gasteiger partial charge in [0.15, 0.2) is 8.07 Å². The standard InChI is InChI=1S/C39H29NOSi/c1-39(2)29-14-4-6-16-31(29)40(32-17-7-5-15-30(32)39)26-23-24-28-27-13-3-10-20-35(27)42(38(28)25-26)36-21-11-8-18-33(36)41-34-19-9-12-22-37(34)42/h3-25H,1-2H3. The molecule has 0 fully saturated rings. The van der Waals surface area contributed by atoms with Crippen molar-refractivity contribution >= 4 is 45.9 Å². The van der Waals surface area contributed by atoms with E-state index in [2.05, 4.69) is 158 Å². The number of hydrogen-bond acceptors (Lipinski definition) is 2. The fourth-order valence-corrected chi connectivity index (χ4v) is 13.3. The molecule has 6 aromatic carbocycles. The Balaban J connectivity index is 1.38. The fourth-order valence-electron chi connectivity index (χ4n) is 7.93. The smallest absolute Gasteiger partial charge is 0.189 e. The SMILES string of the molecule is CC1(C)c2ccccc2N(c2ccc3c(c2)[Si]2(c4ccccc4Oc4ccccc42)c2ccccc2-3)c2ccccc21. The fraction of sp³-hybridized carbons (Fsp3) is 0.0769. The monoisotopic (exact) mass is 555 g/mol. The van der Waals surface area contributed by atoms with Crippen LogP contribution in [-0.2, 0) is 5.41 Å². The van der Waals surface area contributed by atoms with Crippen LogP contribution in [0.4, 0.5) is 17.1 Å². The summed E-state index contributed by atoms with van der Waals surface area (Å²) in [5.41, 5.74) is 8.99. The van der Waals surface area contributed by atoms with Gasteiger partial charge in [0.1, 0.15) is 11.5 Å². The van der Waals surface area contributed by atoms with E-state index in [-0.39, 0.29) is 5.41 Å². The van der Waals surface area contributed by atoms with Crippen molar-refractivity contribution < 1.29 is 4.74 Å². The number of fused-ring (bicyclic) bond motifs is 11. The molecule has 0 aromatic heterocycles. The van der Waals surface area contributed by atoms with Crippen molar-refractivity contribution in [2.75, 3.05) is 4.90 Å². The number of nitrogens with zero attached hydrogens (tertiary/aromatic N) is 1. The van der Waals surface area contributed by atoms with Crippen LogP contribution >= 0.6 is 0 Å². The second kappa shape index (κ2) is 8.34. The van der Waals surface area contributed by atoms with E-state index in [9.17, 15) is 0 Å². The molecule has 0 aliphatic carbocycles. The van der Waals surface area contributed by atoms with Gasteiger partial charge in [-0.15, -0.1) is 0 Å². The van der Waals surface area contributed by atoms with E-state index in [0.717, 1.165) is 11.5 Å². The van der Waals surface area contributed by atoms with E-state index in [1.165, 1.54) is 60.1 Å². The molecule has 200 valence electrons. The van der Waals surface area contributed by atoms with Crippen LogP contribution in [0.25, 0.3) is 11.1 Å². The van der Waals surface area contributed by atoms with Crippen LogP contribution < -0.4 is 30.4 Å². The van der Waals surface area contributed by atoms with Gasteiger partial charge in [0.05, 0.1) is 11.4 Å². The van der Waals surface area contributed by atoms with Gasteiger partial charge in [-0.3, -0.25) is 0 Å². The number of para-hydroxylation sites is 4. The summed E-state index contributed by atoms with van der Waals surface area (Å²) in [6, 6.07) is 51.5. The van der Waals surface area contributed by atoms with Crippen LogP contribution in [0.15, 0.2) is 140 Å². The lowest BCUT2D eigenvalue weighted by atomic mass is 9.73. The Kier molecular flexibility index (Phi) is 4.73. The molecule has 3 heterocycles. The molecule has 0 atom stereocenters. The first kappa shape index (κ1) is 23.8. The number of anilines is 3. The Hall–Kier alpha value is -4.86. The summed E-state index contributed by atoms with van der Waals surface area (Å²) in [5, 5.41) is 5.53. The Morgan fingerprint density at radius 2 is 1.00 bits per heavy atom. The van der Waals surface area contributed by atoms with Gasteiger partial charge in [-0.05, 0) is 79.4 Å². The summed E-state index contributed by atoms with van der Waals surface area (Å²) in [4.78, 5) is 2.48. The molecule has 3 aliphatic rings. The molecular weight excluding hydrogens is 527 g/mol. The summed E-state index contributed by atoms with van der Waals surface area (Å²) in [5.74, 6) is 1.96. The normalized spacial score (nSPS) is 15.9. The topological polar surface area (TPSA) is 12.5 Å². The van der Waals surface area contributed by atoms with Crippen LogP contribution in [0.2, 0.25) is 0 Å². The van der Waals surface area contributed by atoms with Crippen molar-refractivity contribution in [1.82, 2.24) is 0 Å². The first-order chi connectivity index (χ1) is 20.6. The molecule has 0 N–H and O–H groups in total. The van der Waals surface area contributed by atoms with Gasteiger partial charge in [-0.2, -0.15) is 0 Å². The summed E-state index contributed by atoms with van der Waals surface area (Å²) in [7, 11) is -2.66. The third-order valence-electron chi connectivity index (χ3n) is 9.73. The Morgan fingerprint density at radius 1 is 0.500 bits per heavy atom. The Morgan fingerprint density at radius 3 is 1.64 bits per heavy atom. The number of rotatable bonds is 1. The van der Waals surface area contributed by atoms with Crippen LogP contribution in [0, 0.1) is 0 Å². The highest BCUT2D eigenvalue weighted by atomic mass is 28.3. The number of hydrogen-bond donors (Lipinski definition) is 0. The van der Waals surface area contributed by atoms with Crippen LogP contribution in [0.5, 0.6) is 11.5 Å². The molecular formula is C39H29NOSi. The predicted molar refractivity (Wildman–Crippen MR) is 176 cm³/mol. The van der Waals surface area contributed by atoms with Crippen molar-refractivity contribution in [2.24, 2.45) is 0 Å². The molecule has 1 spiro atoms. The summed E-state index contributed by atoms with van der Waals surface area (Å²) in [6.07, 6.45) is 0. The Bertz CT molecular complexity index is 1980. The molecule has 0 unspecified atom stereocenters. The zero-order chi connectivity index (χ0) is 28.1. The van der Waals surface area contributed by atoms with Gasteiger partial charge >= 0.3 is 0 Å². The zero-order valence-electron chi connectivity index (χ0n) is 23.6. The van der Waals surface area contributed by atoms with Gasteiger partial charge in [0, 0.05) is 11.1 Å². The first-order valence-corrected chi connectivity index (χ1v) is 16.7. The average Bonchev–Trinajstić information content (AvgIpc) is 3.32. The van der Waals surface area contributed by atoms with Crippen LogP contribution in [0.3, 0.4) is 0 Å².